The van der Waals surface area contributed by atoms with Crippen LogP contribution >= 0.6 is 0 Å². The van der Waals surface area contributed by atoms with Gasteiger partial charge >= 0.3 is 0 Å². The van der Waals surface area contributed by atoms with Crippen LogP contribution < -0.4 is 32.6 Å². The quantitative estimate of drug-likeness (QED) is 0.0750. The van der Waals surface area contributed by atoms with Crippen LogP contribution in [0, 0.1) is 11.8 Å². The minimum atomic E-state index is -0.940. The third-order valence-electron chi connectivity index (χ3n) is 12.5. The Morgan fingerprint density at radius 1 is 1.00 bits per heavy atom. The molecule has 0 unspecified atom stereocenters. The first-order valence-electron chi connectivity index (χ1n) is 19.6. The van der Waals surface area contributed by atoms with Crippen molar-refractivity contribution in [3.8, 4) is 11.5 Å². The third-order valence-corrected chi connectivity index (χ3v) is 12.5. The summed E-state index contributed by atoms with van der Waals surface area (Å²) in [6.45, 7) is 7.34. The first-order valence-corrected chi connectivity index (χ1v) is 19.6. The van der Waals surface area contributed by atoms with E-state index < -0.39 is 11.7 Å². The molecular weight excluding hydrogens is 750 g/mol. The number of benzene rings is 3. The summed E-state index contributed by atoms with van der Waals surface area (Å²) >= 11 is 0. The summed E-state index contributed by atoms with van der Waals surface area (Å²) in [6, 6.07) is 22.0. The average Bonchev–Trinajstić information content (AvgIpc) is 3.75. The Kier molecular flexibility index (Phi) is 13.2. The highest BCUT2D eigenvalue weighted by Gasteiger charge is 2.48. The molecule has 1 aromatic heterocycles. The monoisotopic (exact) mass is 805 g/mol. The molecular formula is C43H56BrN3O7. The number of aliphatic hydroxyl groups is 3. The number of aromatic hydroxyl groups is 1. The number of halogens is 1. The maximum atomic E-state index is 12.1. The van der Waals surface area contributed by atoms with E-state index in [1.807, 2.05) is 43.3 Å². The Labute approximate surface area is 328 Å². The summed E-state index contributed by atoms with van der Waals surface area (Å²) in [5.74, 6) is 1.43. The highest BCUT2D eigenvalue weighted by molar-refractivity contribution is 5.87. The minimum Gasteiger partial charge on any atom is -1.00 e. The number of nitrogens with zero attached hydrogens (tertiary/aromatic N) is 1. The zero-order valence-corrected chi connectivity index (χ0v) is 32.8. The number of phenols is 1. The van der Waals surface area contributed by atoms with E-state index in [9.17, 15) is 25.2 Å². The number of H-pyrrole nitrogens is 1. The van der Waals surface area contributed by atoms with Crippen molar-refractivity contribution in [1.29, 1.82) is 0 Å². The molecule has 2 bridgehead atoms. The van der Waals surface area contributed by atoms with Crippen LogP contribution in [0.25, 0.3) is 10.9 Å². The van der Waals surface area contributed by atoms with Gasteiger partial charge in [0, 0.05) is 54.8 Å². The van der Waals surface area contributed by atoms with Gasteiger partial charge in [-0.15, -0.1) is 0 Å². The summed E-state index contributed by atoms with van der Waals surface area (Å²) in [5.41, 5.74) is 2.30. The number of quaternary nitrogens is 1. The zero-order valence-electron chi connectivity index (χ0n) is 31.3. The summed E-state index contributed by atoms with van der Waals surface area (Å²) in [4.78, 5) is 14.4. The van der Waals surface area contributed by atoms with E-state index in [1.165, 1.54) is 25.0 Å². The molecule has 4 fully saturated rings. The molecule has 0 spiro atoms. The number of hydrogen-bond donors (Lipinski definition) is 6. The molecule has 3 aliphatic heterocycles. The molecule has 10 nitrogen and oxygen atoms in total. The van der Waals surface area contributed by atoms with Crippen LogP contribution in [-0.4, -0.2) is 81.9 Å². The SMILES string of the molecule is C[C@@H](NC[C@H](O)c1ccc(O)c2[nH]c(=O)ccc12)c1ccc(OCCC[N+]23CCC(CC2)[C@@H](OC[C@@](O)(c2ccccc2)C2CCCC2)C3)c(CO)c1.[Br-]. The number of rotatable bonds is 16. The van der Waals surface area contributed by atoms with Crippen molar-refractivity contribution in [2.45, 2.75) is 82.3 Å². The van der Waals surface area contributed by atoms with Crippen LogP contribution in [0.15, 0.2) is 77.6 Å². The highest BCUT2D eigenvalue weighted by Crippen LogP contribution is 2.43. The van der Waals surface area contributed by atoms with Crippen molar-refractivity contribution >= 4 is 10.9 Å². The summed E-state index contributed by atoms with van der Waals surface area (Å²) in [5, 5.41) is 47.5. The highest BCUT2D eigenvalue weighted by atomic mass is 79.9. The van der Waals surface area contributed by atoms with Gasteiger partial charge < -0.3 is 61.7 Å². The van der Waals surface area contributed by atoms with Gasteiger partial charge in [-0.2, -0.15) is 0 Å². The van der Waals surface area contributed by atoms with Gasteiger partial charge in [-0.05, 0) is 66.6 Å². The van der Waals surface area contributed by atoms with Crippen molar-refractivity contribution in [2.24, 2.45) is 11.8 Å². The minimum absolute atomic E-state index is 0. The van der Waals surface area contributed by atoms with Crippen molar-refractivity contribution < 1.29 is 51.4 Å². The number of aliphatic hydroxyl groups excluding tert-OH is 2. The van der Waals surface area contributed by atoms with Crippen LogP contribution in [0.1, 0.15) is 86.3 Å². The van der Waals surface area contributed by atoms with Crippen LogP contribution in [0.4, 0.5) is 0 Å². The summed E-state index contributed by atoms with van der Waals surface area (Å²) < 4.78 is 14.0. The Bertz CT molecular complexity index is 1890. The second-order valence-electron chi connectivity index (χ2n) is 15.8. The number of piperidine rings is 3. The molecule has 4 atom stereocenters. The third kappa shape index (κ3) is 8.73. The molecule has 1 saturated carbocycles. The number of fused-ring (bicyclic) bond motifs is 4. The van der Waals surface area contributed by atoms with E-state index in [4.69, 9.17) is 9.47 Å². The molecule has 0 radical (unpaired) electrons. The Morgan fingerprint density at radius 2 is 1.76 bits per heavy atom. The molecule has 3 aromatic carbocycles. The molecule has 11 heteroatoms. The van der Waals surface area contributed by atoms with Crippen LogP contribution in [0.3, 0.4) is 0 Å². The Hall–Kier alpha value is -3.29. The van der Waals surface area contributed by atoms with Gasteiger partial charge in [0.25, 0.3) is 0 Å². The standard InChI is InChI=1S/C43H55N3O7.BrH/c1-29(44-25-38(49)35-13-15-37(48)42-36(35)14-17-41(50)45-42)31-12-16-39(32(24-31)27-47)52-23-7-20-46-21-18-30(19-22-46)40(26-46)53-28-43(51,34-10-5-6-11-34)33-8-3-2-4-9-33;/h2-4,8-9,12-17,24,29-30,34,38,40,44,47,49,51H,5-7,10-11,18-23,25-28H2,1H3,(H-,45,48,50);1H/t29-,30?,38+,40+,43-,46?;/m1./s1. The molecule has 292 valence electrons. The number of aromatic nitrogens is 1. The first kappa shape index (κ1) is 40.4. The van der Waals surface area contributed by atoms with Crippen molar-refractivity contribution in [3.05, 3.63) is 105 Å². The van der Waals surface area contributed by atoms with E-state index >= 15 is 0 Å². The number of pyridine rings is 1. The average molecular weight is 807 g/mol. The van der Waals surface area contributed by atoms with Gasteiger partial charge in [-0.25, -0.2) is 0 Å². The lowest BCUT2D eigenvalue weighted by atomic mass is 9.80. The molecule has 6 N–H and O–H groups in total. The lowest BCUT2D eigenvalue weighted by molar-refractivity contribution is -0.946. The molecule has 3 saturated heterocycles. The summed E-state index contributed by atoms with van der Waals surface area (Å²) in [6.07, 6.45) is 6.94. The van der Waals surface area contributed by atoms with Crippen molar-refractivity contribution in [1.82, 2.24) is 10.3 Å². The molecule has 4 aliphatic rings. The second-order valence-corrected chi connectivity index (χ2v) is 15.8. The van der Waals surface area contributed by atoms with E-state index in [1.54, 1.807) is 12.1 Å². The van der Waals surface area contributed by atoms with Gasteiger partial charge in [0.05, 0.1) is 51.1 Å². The normalized spacial score (nSPS) is 23.5. The number of hydrogen-bond acceptors (Lipinski definition) is 8. The maximum absolute atomic E-state index is 12.1. The molecule has 4 aromatic rings. The Balaban J connectivity index is 0.00000497. The first-order chi connectivity index (χ1) is 25.7. The largest absolute Gasteiger partial charge is 1.00 e. The van der Waals surface area contributed by atoms with Gasteiger partial charge in [-0.1, -0.05) is 55.3 Å². The number of nitrogens with one attached hydrogen (secondary N) is 2. The zero-order chi connectivity index (χ0) is 37.0. The maximum Gasteiger partial charge on any atom is 0.248 e. The molecule has 0 amide bonds. The summed E-state index contributed by atoms with van der Waals surface area (Å²) in [7, 11) is 0. The van der Waals surface area contributed by atoms with Gasteiger partial charge in [0.2, 0.25) is 5.56 Å². The number of ether oxygens (including phenoxy) is 2. The van der Waals surface area contributed by atoms with Gasteiger partial charge in [0.1, 0.15) is 29.7 Å². The van der Waals surface area contributed by atoms with E-state index in [0.717, 1.165) is 79.5 Å². The van der Waals surface area contributed by atoms with E-state index in [0.29, 0.717) is 41.3 Å². The van der Waals surface area contributed by atoms with Crippen molar-refractivity contribution in [3.63, 3.8) is 0 Å². The Morgan fingerprint density at radius 3 is 2.50 bits per heavy atom. The fraction of sp³-hybridized carbons (Fsp3) is 0.512. The van der Waals surface area contributed by atoms with E-state index in [2.05, 4.69) is 22.4 Å². The van der Waals surface area contributed by atoms with Crippen LogP contribution in [-0.2, 0) is 16.9 Å². The van der Waals surface area contributed by atoms with Gasteiger partial charge in [-0.3, -0.25) is 4.79 Å². The predicted molar refractivity (Wildman–Crippen MR) is 205 cm³/mol. The van der Waals surface area contributed by atoms with Crippen molar-refractivity contribution in [2.75, 3.05) is 45.9 Å². The van der Waals surface area contributed by atoms with Crippen LogP contribution in [0.5, 0.6) is 11.5 Å². The molecule has 4 heterocycles. The molecule has 1 aliphatic carbocycles. The van der Waals surface area contributed by atoms with Gasteiger partial charge in [0.15, 0.2) is 0 Å². The lowest BCUT2D eigenvalue weighted by Gasteiger charge is -2.53. The number of phenolic OH excluding ortho intramolecular Hbond substituents is 1. The number of aromatic amines is 1. The smallest absolute Gasteiger partial charge is 0.248 e. The fourth-order valence-electron chi connectivity index (χ4n) is 9.31. The van der Waals surface area contributed by atoms with E-state index in [-0.39, 0.29) is 59.5 Å². The molecule has 8 rings (SSSR count). The second kappa shape index (κ2) is 17.7. The van der Waals surface area contributed by atoms with Crippen LogP contribution in [0.2, 0.25) is 0 Å². The topological polar surface area (TPSA) is 144 Å². The predicted octanol–water partition coefficient (Wildman–Crippen LogP) is 2.59. The molecule has 54 heavy (non-hydrogen) atoms. The fourth-order valence-corrected chi connectivity index (χ4v) is 9.31. The lowest BCUT2D eigenvalue weighted by Crippen LogP contribution is -3.00.